The summed E-state index contributed by atoms with van der Waals surface area (Å²) in [4.78, 5) is 38.5. The van der Waals surface area contributed by atoms with Gasteiger partial charge in [0, 0.05) is 29.9 Å². The molecule has 3 aromatic rings. The number of ether oxygens (including phenoxy) is 2. The highest BCUT2D eigenvalue weighted by molar-refractivity contribution is 5.88. The van der Waals surface area contributed by atoms with E-state index < -0.39 is 11.2 Å². The van der Waals surface area contributed by atoms with Crippen LogP contribution in [0.5, 0.6) is 0 Å². The van der Waals surface area contributed by atoms with Gasteiger partial charge in [-0.3, -0.25) is 4.79 Å². The van der Waals surface area contributed by atoms with E-state index >= 15 is 0 Å². The number of H-pyrrole nitrogens is 1. The Morgan fingerprint density at radius 3 is 1.84 bits per heavy atom. The maximum absolute atomic E-state index is 11.5. The summed E-state index contributed by atoms with van der Waals surface area (Å²) < 4.78 is 10.3. The van der Waals surface area contributed by atoms with Crippen LogP contribution in [0, 0.1) is 6.92 Å². The Morgan fingerprint density at radius 2 is 1.35 bits per heavy atom. The highest BCUT2D eigenvalue weighted by Gasteiger charge is 2.14. The lowest BCUT2D eigenvalue weighted by Crippen LogP contribution is -2.22. The minimum Gasteiger partial charge on any atom is -0.483 e. The Labute approximate surface area is 218 Å². The van der Waals surface area contributed by atoms with Gasteiger partial charge in [0.05, 0.1) is 0 Å². The summed E-state index contributed by atoms with van der Waals surface area (Å²) in [5.41, 5.74) is 3.00. The molecule has 0 atom stereocenters. The third-order valence-corrected chi connectivity index (χ3v) is 4.14. The number of nitrogens with one attached hydrogen (secondary N) is 1. The number of carbonyl (C=O) groups excluding carboxylic acids is 2. The Bertz CT molecular complexity index is 1210. The van der Waals surface area contributed by atoms with Crippen LogP contribution >= 0.6 is 0 Å². The maximum atomic E-state index is 11.5. The summed E-state index contributed by atoms with van der Waals surface area (Å²) in [7, 11) is 0. The van der Waals surface area contributed by atoms with Crippen LogP contribution in [0.25, 0.3) is 23.2 Å². The molecule has 0 amide bonds. The van der Waals surface area contributed by atoms with Crippen LogP contribution < -0.4 is 0 Å². The number of esters is 2. The van der Waals surface area contributed by atoms with Gasteiger partial charge < -0.3 is 19.6 Å². The number of fused-ring (bicyclic) bond motifs is 1. The number of benzene rings is 1. The van der Waals surface area contributed by atoms with Gasteiger partial charge in [0.1, 0.15) is 16.8 Å². The highest BCUT2D eigenvalue weighted by atomic mass is 16.6. The van der Waals surface area contributed by atoms with Crippen molar-refractivity contribution in [2.24, 2.45) is 0 Å². The Balaban J connectivity index is 0.000000337. The van der Waals surface area contributed by atoms with Gasteiger partial charge >= 0.3 is 11.9 Å². The van der Waals surface area contributed by atoms with Gasteiger partial charge in [-0.25, -0.2) is 14.6 Å². The first-order valence-corrected chi connectivity index (χ1v) is 11.6. The zero-order valence-electron chi connectivity index (χ0n) is 22.4. The number of nitrogens with zero attached hydrogens (tertiary/aromatic N) is 1. The molecule has 0 aliphatic rings. The number of carbonyl (C=O) groups is 3. The topological polar surface area (TPSA) is 119 Å². The van der Waals surface area contributed by atoms with Crippen molar-refractivity contribution in [1.29, 1.82) is 0 Å². The number of pyridine rings is 1. The molecule has 0 aliphatic carbocycles. The van der Waals surface area contributed by atoms with Crippen LogP contribution in [0.1, 0.15) is 58.2 Å². The van der Waals surface area contributed by atoms with Crippen molar-refractivity contribution >= 4 is 41.6 Å². The van der Waals surface area contributed by atoms with Crippen molar-refractivity contribution in [3.63, 3.8) is 0 Å². The van der Waals surface area contributed by atoms with Crippen LogP contribution in [0.3, 0.4) is 0 Å². The fourth-order valence-corrected chi connectivity index (χ4v) is 2.73. The number of aromatic amines is 1. The summed E-state index contributed by atoms with van der Waals surface area (Å²) in [6.45, 7) is 12.9. The zero-order chi connectivity index (χ0) is 28.1. The Morgan fingerprint density at radius 1 is 0.865 bits per heavy atom. The summed E-state index contributed by atoms with van der Waals surface area (Å²) in [5.74, 6) is -0.662. The molecule has 0 saturated carbocycles. The molecule has 0 bridgehead atoms. The molecule has 2 heterocycles. The molecule has 8 heteroatoms. The molecular formula is C29H36N2O6. The van der Waals surface area contributed by atoms with Crippen molar-refractivity contribution in [2.45, 2.75) is 59.7 Å². The molecule has 1 aromatic carbocycles. The molecule has 0 fully saturated rings. The molecule has 8 nitrogen and oxygen atoms in total. The van der Waals surface area contributed by atoms with E-state index in [0.29, 0.717) is 0 Å². The number of aryl methyl sites for hydroxylation is 1. The normalized spacial score (nSPS) is 11.3. The van der Waals surface area contributed by atoms with E-state index in [2.05, 4.69) is 9.97 Å². The fraction of sp³-hybridized carbons (Fsp3) is 0.310. The predicted octanol–water partition coefficient (Wildman–Crippen LogP) is 5.97. The number of aromatic nitrogens is 2. The Kier molecular flexibility index (Phi) is 12.0. The first-order chi connectivity index (χ1) is 17.2. The lowest BCUT2D eigenvalue weighted by molar-refractivity contribution is -0.149. The number of carboxylic acid groups (broad SMARTS) is 1. The zero-order valence-corrected chi connectivity index (χ0v) is 22.4. The van der Waals surface area contributed by atoms with E-state index in [9.17, 15) is 9.59 Å². The first kappa shape index (κ1) is 30.8. The van der Waals surface area contributed by atoms with Crippen LogP contribution in [-0.4, -0.2) is 44.7 Å². The predicted molar refractivity (Wildman–Crippen MR) is 146 cm³/mol. The second kappa shape index (κ2) is 14.4. The van der Waals surface area contributed by atoms with Gasteiger partial charge in [-0.2, -0.15) is 0 Å². The van der Waals surface area contributed by atoms with Crippen molar-refractivity contribution in [2.75, 3.05) is 0 Å². The van der Waals surface area contributed by atoms with Gasteiger partial charge in [0.15, 0.2) is 0 Å². The molecular weight excluding hydrogens is 472 g/mol. The van der Waals surface area contributed by atoms with Crippen LogP contribution in [0.4, 0.5) is 0 Å². The lowest BCUT2D eigenvalue weighted by atomic mass is 10.1. The van der Waals surface area contributed by atoms with E-state index in [1.807, 2.05) is 91.1 Å². The van der Waals surface area contributed by atoms with E-state index in [1.54, 1.807) is 18.3 Å². The highest BCUT2D eigenvalue weighted by Crippen LogP contribution is 2.13. The summed E-state index contributed by atoms with van der Waals surface area (Å²) >= 11 is 0. The van der Waals surface area contributed by atoms with Gasteiger partial charge in [0.25, 0.3) is 6.47 Å². The summed E-state index contributed by atoms with van der Waals surface area (Å²) in [6.07, 6.45) is 9.87. The van der Waals surface area contributed by atoms with Crippen LogP contribution in [0.2, 0.25) is 0 Å². The standard InChI is InChI=1S/C14H16N2O2.C14H18O2.CH2O2/c1-14(2,3)18-12(17)5-4-10-8-11-6-7-15-13(11)16-9-10;1-11-5-7-12(8-6-11)9-10-13(15)16-14(2,3)4;2-1-3/h4-9H,1-3H3,(H,15,16);5-10H,1-4H3;1H,(H,2,3)/b5-4+;10-9+;. The monoisotopic (exact) mass is 508 g/mol. The third kappa shape index (κ3) is 14.1. The first-order valence-electron chi connectivity index (χ1n) is 11.6. The smallest absolute Gasteiger partial charge is 0.331 e. The molecule has 0 unspecified atom stereocenters. The third-order valence-electron chi connectivity index (χ3n) is 4.14. The Hall–Kier alpha value is -4.20. The SMILES string of the molecule is CC(C)(C)OC(=O)/C=C/c1cnc2[nH]ccc2c1.Cc1ccc(/C=C/C(=O)OC(C)(C)C)cc1.O=CO. The van der Waals surface area contributed by atoms with E-state index in [4.69, 9.17) is 19.4 Å². The number of hydrogen-bond acceptors (Lipinski definition) is 6. The average Bonchev–Trinajstić information content (AvgIpc) is 3.24. The molecule has 0 aliphatic heterocycles. The molecule has 0 spiro atoms. The van der Waals surface area contributed by atoms with Crippen molar-refractivity contribution in [1.82, 2.24) is 9.97 Å². The van der Waals surface area contributed by atoms with Crippen molar-refractivity contribution < 1.29 is 29.0 Å². The van der Waals surface area contributed by atoms with Crippen molar-refractivity contribution in [3.05, 3.63) is 77.6 Å². The minimum atomic E-state index is -0.468. The molecule has 0 saturated heterocycles. The van der Waals surface area contributed by atoms with E-state index in [0.717, 1.165) is 22.2 Å². The number of rotatable bonds is 4. The molecule has 198 valence electrons. The second-order valence-corrected chi connectivity index (χ2v) is 9.93. The van der Waals surface area contributed by atoms with Gasteiger partial charge in [-0.1, -0.05) is 29.8 Å². The molecule has 3 rings (SSSR count). The lowest BCUT2D eigenvalue weighted by Gasteiger charge is -2.17. The van der Waals surface area contributed by atoms with Gasteiger partial charge in [0.2, 0.25) is 0 Å². The van der Waals surface area contributed by atoms with Gasteiger partial charge in [-0.05, 0) is 83.9 Å². The number of hydrogen-bond donors (Lipinski definition) is 2. The quantitative estimate of drug-likeness (QED) is 0.253. The molecule has 2 aromatic heterocycles. The van der Waals surface area contributed by atoms with Crippen molar-refractivity contribution in [3.8, 4) is 0 Å². The second-order valence-electron chi connectivity index (χ2n) is 9.93. The average molecular weight is 509 g/mol. The van der Waals surface area contributed by atoms with E-state index in [-0.39, 0.29) is 18.4 Å². The minimum absolute atomic E-state index is 0.250. The molecule has 2 N–H and O–H groups in total. The van der Waals surface area contributed by atoms with Crippen LogP contribution in [-0.2, 0) is 23.9 Å². The summed E-state index contributed by atoms with van der Waals surface area (Å²) in [6, 6.07) is 11.8. The van der Waals surface area contributed by atoms with Crippen LogP contribution in [0.15, 0.2) is 60.9 Å². The maximum Gasteiger partial charge on any atom is 0.331 e. The van der Waals surface area contributed by atoms with E-state index in [1.165, 1.54) is 17.7 Å². The fourth-order valence-electron chi connectivity index (χ4n) is 2.73. The van der Waals surface area contributed by atoms with Gasteiger partial charge in [-0.15, -0.1) is 0 Å². The molecule has 0 radical (unpaired) electrons. The summed E-state index contributed by atoms with van der Waals surface area (Å²) in [5, 5.41) is 7.90. The molecule has 37 heavy (non-hydrogen) atoms. The largest absolute Gasteiger partial charge is 0.483 e.